The first-order valence-electron chi connectivity index (χ1n) is 7.91. The zero-order chi connectivity index (χ0) is 17.3. The number of carbonyl (C=O) groups is 1. The predicted molar refractivity (Wildman–Crippen MR) is 88.2 cm³/mol. The zero-order valence-electron chi connectivity index (χ0n) is 13.6. The topological polar surface area (TPSA) is 62.7 Å². The van der Waals surface area contributed by atoms with Gasteiger partial charge in [0.2, 0.25) is 0 Å². The van der Waals surface area contributed by atoms with Gasteiger partial charge in [0.05, 0.1) is 12.6 Å². The van der Waals surface area contributed by atoms with Crippen LogP contribution >= 0.6 is 0 Å². The maximum atomic E-state index is 13.9. The van der Waals surface area contributed by atoms with Crippen LogP contribution in [0.25, 0.3) is 0 Å². The average Bonchev–Trinajstić information content (AvgIpc) is 2.54. The summed E-state index contributed by atoms with van der Waals surface area (Å²) in [6, 6.07) is 6.29. The lowest BCUT2D eigenvalue weighted by molar-refractivity contribution is 0.0690. The summed E-state index contributed by atoms with van der Waals surface area (Å²) < 4.78 is 19.3. The van der Waals surface area contributed by atoms with Crippen molar-refractivity contribution < 1.29 is 19.0 Å². The number of hydrogen-bond donors (Lipinski definition) is 1. The summed E-state index contributed by atoms with van der Waals surface area (Å²) >= 11 is 0. The van der Waals surface area contributed by atoms with E-state index in [2.05, 4.69) is 9.88 Å². The van der Waals surface area contributed by atoms with Crippen molar-refractivity contribution in [3.8, 4) is 5.75 Å². The molecule has 1 aliphatic heterocycles. The van der Waals surface area contributed by atoms with Gasteiger partial charge in [0.1, 0.15) is 17.3 Å². The molecule has 1 aromatic heterocycles. The Hall–Kier alpha value is -2.63. The van der Waals surface area contributed by atoms with E-state index in [4.69, 9.17) is 9.84 Å². The van der Waals surface area contributed by atoms with Crippen LogP contribution in [0.1, 0.15) is 41.5 Å². The number of pyridine rings is 1. The van der Waals surface area contributed by atoms with Crippen LogP contribution in [0.15, 0.2) is 30.5 Å². The summed E-state index contributed by atoms with van der Waals surface area (Å²) in [5.41, 5.74) is 2.75. The second kappa shape index (κ2) is 6.47. The highest BCUT2D eigenvalue weighted by atomic mass is 19.1. The lowest BCUT2D eigenvalue weighted by Gasteiger charge is -2.37. The molecule has 0 radical (unpaired) electrons. The molecule has 1 unspecified atom stereocenters. The van der Waals surface area contributed by atoms with E-state index in [9.17, 15) is 9.18 Å². The smallest absolute Gasteiger partial charge is 0.354 e. The van der Waals surface area contributed by atoms with Crippen molar-refractivity contribution in [2.75, 3.05) is 18.1 Å². The van der Waals surface area contributed by atoms with Crippen LogP contribution in [0.5, 0.6) is 5.75 Å². The van der Waals surface area contributed by atoms with E-state index in [0.717, 1.165) is 16.8 Å². The number of hydrogen-bond acceptors (Lipinski definition) is 4. The summed E-state index contributed by atoms with van der Waals surface area (Å²) in [5.74, 6) is -0.863. The maximum Gasteiger partial charge on any atom is 0.354 e. The van der Waals surface area contributed by atoms with Crippen molar-refractivity contribution >= 4 is 11.7 Å². The van der Waals surface area contributed by atoms with Crippen molar-refractivity contribution in [1.82, 2.24) is 4.98 Å². The molecule has 0 fully saturated rings. The minimum absolute atomic E-state index is 0.0274. The molecule has 1 aromatic carbocycles. The molecule has 6 heteroatoms. The lowest BCUT2D eigenvalue weighted by atomic mass is 9.94. The number of carboxylic acid groups (broad SMARTS) is 1. The molecule has 3 rings (SSSR count). The Morgan fingerprint density at radius 1 is 1.42 bits per heavy atom. The Morgan fingerprint density at radius 3 is 2.92 bits per heavy atom. The Morgan fingerprint density at radius 2 is 2.21 bits per heavy atom. The molecule has 0 amide bonds. The molecule has 1 atom stereocenters. The SMILES string of the molecule is CCOc1cc(F)cc(N2CCc3cc(C(=O)O)ncc3C2C)c1. The predicted octanol–water partition coefficient (Wildman–Crippen LogP) is 3.44. The first-order valence-corrected chi connectivity index (χ1v) is 7.91. The fourth-order valence-electron chi connectivity index (χ4n) is 3.14. The molecule has 2 aromatic rings. The highest BCUT2D eigenvalue weighted by molar-refractivity contribution is 5.85. The minimum Gasteiger partial charge on any atom is -0.494 e. The third-order valence-electron chi connectivity index (χ3n) is 4.28. The number of aromatic nitrogens is 1. The van der Waals surface area contributed by atoms with Gasteiger partial charge in [-0.15, -0.1) is 0 Å². The molecule has 0 spiro atoms. The Kier molecular flexibility index (Phi) is 4.38. The molecule has 0 saturated heterocycles. The van der Waals surface area contributed by atoms with Crippen molar-refractivity contribution in [3.63, 3.8) is 0 Å². The van der Waals surface area contributed by atoms with Crippen molar-refractivity contribution in [2.45, 2.75) is 26.3 Å². The van der Waals surface area contributed by atoms with E-state index in [1.807, 2.05) is 19.9 Å². The van der Waals surface area contributed by atoms with Crippen LogP contribution in [0.2, 0.25) is 0 Å². The van der Waals surface area contributed by atoms with E-state index in [-0.39, 0.29) is 17.6 Å². The molecule has 0 bridgehead atoms. The first-order chi connectivity index (χ1) is 11.5. The quantitative estimate of drug-likeness (QED) is 0.930. The summed E-state index contributed by atoms with van der Waals surface area (Å²) in [7, 11) is 0. The number of nitrogens with zero attached hydrogens (tertiary/aromatic N) is 2. The summed E-state index contributed by atoms with van der Waals surface area (Å²) in [6.45, 7) is 5.01. The standard InChI is InChI=1S/C18H19FN2O3/c1-3-24-15-8-13(19)7-14(9-15)21-5-4-12-6-17(18(22)23)20-10-16(12)11(21)2/h6-11H,3-5H2,1-2H3,(H,22,23). The van der Waals surface area contributed by atoms with Gasteiger partial charge in [-0.1, -0.05) is 0 Å². The number of benzene rings is 1. The zero-order valence-corrected chi connectivity index (χ0v) is 13.6. The molecule has 2 heterocycles. The van der Waals surface area contributed by atoms with Crippen LogP contribution in [-0.2, 0) is 6.42 Å². The molecule has 1 aliphatic rings. The van der Waals surface area contributed by atoms with Crippen LogP contribution in [0, 0.1) is 5.82 Å². The van der Waals surface area contributed by atoms with Crippen molar-refractivity contribution in [3.05, 3.63) is 53.1 Å². The monoisotopic (exact) mass is 330 g/mol. The van der Waals surface area contributed by atoms with Gasteiger partial charge in [-0.25, -0.2) is 14.2 Å². The normalized spacial score (nSPS) is 16.6. The molecular formula is C18H19FN2O3. The van der Waals surface area contributed by atoms with Gasteiger partial charge in [0.25, 0.3) is 0 Å². The van der Waals surface area contributed by atoms with E-state index in [0.29, 0.717) is 25.3 Å². The summed E-state index contributed by atoms with van der Waals surface area (Å²) in [5, 5.41) is 9.07. The maximum absolute atomic E-state index is 13.9. The van der Waals surface area contributed by atoms with Crippen LogP contribution in [-0.4, -0.2) is 29.2 Å². The van der Waals surface area contributed by atoms with Gasteiger partial charge >= 0.3 is 5.97 Å². The number of fused-ring (bicyclic) bond motifs is 1. The number of carboxylic acids is 1. The minimum atomic E-state index is -1.03. The van der Waals surface area contributed by atoms with Crippen molar-refractivity contribution in [1.29, 1.82) is 0 Å². The second-order valence-corrected chi connectivity index (χ2v) is 5.77. The van der Waals surface area contributed by atoms with E-state index >= 15 is 0 Å². The van der Waals surface area contributed by atoms with E-state index in [1.165, 1.54) is 12.1 Å². The highest BCUT2D eigenvalue weighted by Gasteiger charge is 2.26. The summed E-state index contributed by atoms with van der Waals surface area (Å²) in [4.78, 5) is 17.2. The molecule has 24 heavy (non-hydrogen) atoms. The van der Waals surface area contributed by atoms with Crippen LogP contribution in [0.3, 0.4) is 0 Å². The Balaban J connectivity index is 1.94. The third-order valence-corrected chi connectivity index (χ3v) is 4.28. The fraction of sp³-hybridized carbons (Fsp3) is 0.333. The van der Waals surface area contributed by atoms with Gasteiger partial charge in [-0.2, -0.15) is 0 Å². The van der Waals surface area contributed by atoms with Gasteiger partial charge in [-0.05, 0) is 43.5 Å². The lowest BCUT2D eigenvalue weighted by Crippen LogP contribution is -2.34. The Labute approximate surface area is 139 Å². The van der Waals surface area contributed by atoms with Gasteiger partial charge in [0, 0.05) is 30.6 Å². The first kappa shape index (κ1) is 16.2. The fourth-order valence-corrected chi connectivity index (χ4v) is 3.14. The number of halogens is 1. The number of anilines is 1. The van der Waals surface area contributed by atoms with E-state index < -0.39 is 5.97 Å². The van der Waals surface area contributed by atoms with Gasteiger partial charge in [-0.3, -0.25) is 0 Å². The van der Waals surface area contributed by atoms with Crippen LogP contribution in [0.4, 0.5) is 10.1 Å². The molecule has 0 saturated carbocycles. The number of rotatable bonds is 4. The number of aromatic carboxylic acids is 1. The van der Waals surface area contributed by atoms with E-state index in [1.54, 1.807) is 12.3 Å². The van der Waals surface area contributed by atoms with Gasteiger partial charge < -0.3 is 14.7 Å². The molecule has 1 N–H and O–H groups in total. The van der Waals surface area contributed by atoms with Crippen molar-refractivity contribution in [2.24, 2.45) is 0 Å². The molecule has 5 nitrogen and oxygen atoms in total. The second-order valence-electron chi connectivity index (χ2n) is 5.77. The molecule has 126 valence electrons. The highest BCUT2D eigenvalue weighted by Crippen LogP contribution is 2.35. The third kappa shape index (κ3) is 3.04. The Bertz CT molecular complexity index is 779. The summed E-state index contributed by atoms with van der Waals surface area (Å²) in [6.07, 6.45) is 2.29. The van der Waals surface area contributed by atoms with Crippen LogP contribution < -0.4 is 9.64 Å². The largest absolute Gasteiger partial charge is 0.494 e. The van der Waals surface area contributed by atoms with Gasteiger partial charge in [0.15, 0.2) is 0 Å². The number of ether oxygens (including phenoxy) is 1. The molecule has 0 aliphatic carbocycles. The average molecular weight is 330 g/mol. The molecular weight excluding hydrogens is 311 g/mol.